The van der Waals surface area contributed by atoms with Crippen molar-refractivity contribution in [3.63, 3.8) is 0 Å². The number of amides is 4. The molecule has 5 rings (SSSR count). The van der Waals surface area contributed by atoms with Gasteiger partial charge in [0.1, 0.15) is 34.6 Å². The van der Waals surface area contributed by atoms with Crippen LogP contribution in [0.15, 0.2) is 54.7 Å². The molecule has 4 amide bonds. The van der Waals surface area contributed by atoms with E-state index < -0.39 is 24.3 Å². The maximum absolute atomic E-state index is 13.7. The summed E-state index contributed by atoms with van der Waals surface area (Å²) in [5.74, 6) is 0.825. The molecular weight excluding hydrogens is 752 g/mol. The third-order valence-electron chi connectivity index (χ3n) is 10.6. The number of benzene rings is 2. The van der Waals surface area contributed by atoms with Crippen LogP contribution >= 0.6 is 11.6 Å². The summed E-state index contributed by atoms with van der Waals surface area (Å²) in [6.45, 7) is 10.3. The highest BCUT2D eigenvalue weighted by Crippen LogP contribution is 2.38. The highest BCUT2D eigenvalue weighted by Gasteiger charge is 2.41. The molecule has 306 valence electrons. The Morgan fingerprint density at radius 1 is 0.877 bits per heavy atom. The monoisotopic (exact) mass is 804 g/mol. The number of aromatic amines is 2. The van der Waals surface area contributed by atoms with Gasteiger partial charge >= 0.3 is 12.2 Å². The molecule has 2 aromatic heterocycles. The number of hydrogen-bond donors (Lipinski definition) is 4. The zero-order valence-corrected chi connectivity index (χ0v) is 34.5. The van der Waals surface area contributed by atoms with Crippen LogP contribution in [0.5, 0.6) is 0 Å². The van der Waals surface area contributed by atoms with Crippen molar-refractivity contribution in [3.8, 4) is 33.6 Å². The number of likely N-dealkylation sites (tertiary alicyclic amines) is 1. The first-order valence-electron chi connectivity index (χ1n) is 19.2. The highest BCUT2D eigenvalue weighted by molar-refractivity contribution is 6.31. The molecule has 1 aliphatic rings. The number of nitrogens with zero attached hydrogens (tertiary/aromatic N) is 4. The van der Waals surface area contributed by atoms with Crippen LogP contribution in [0.2, 0.25) is 5.15 Å². The Kier molecular flexibility index (Phi) is 14.4. The Morgan fingerprint density at radius 2 is 1.47 bits per heavy atom. The molecular formula is C41H53ClN8O7. The summed E-state index contributed by atoms with van der Waals surface area (Å²) in [6, 6.07) is 13.6. The zero-order valence-electron chi connectivity index (χ0n) is 33.7. The number of nitrogens with one attached hydrogen (secondary N) is 4. The number of ether oxygens (including phenoxy) is 3. The molecule has 4 aromatic rings. The van der Waals surface area contributed by atoms with Crippen LogP contribution in [0.25, 0.3) is 33.6 Å². The van der Waals surface area contributed by atoms with E-state index in [9.17, 15) is 19.2 Å². The number of H-pyrrole nitrogens is 2. The van der Waals surface area contributed by atoms with E-state index in [1.807, 2.05) is 76.2 Å². The normalized spacial score (nSPS) is 17.3. The molecule has 57 heavy (non-hydrogen) atoms. The van der Waals surface area contributed by atoms with E-state index in [1.165, 1.54) is 14.2 Å². The van der Waals surface area contributed by atoms with Gasteiger partial charge in [-0.1, -0.05) is 74.0 Å². The Bertz CT molecular complexity index is 2000. The van der Waals surface area contributed by atoms with Crippen LogP contribution < -0.4 is 10.6 Å². The summed E-state index contributed by atoms with van der Waals surface area (Å²) in [4.78, 5) is 70.4. The van der Waals surface area contributed by atoms with Gasteiger partial charge in [0.2, 0.25) is 11.8 Å². The van der Waals surface area contributed by atoms with E-state index in [0.717, 1.165) is 34.4 Å². The molecule has 0 radical (unpaired) electrons. The maximum atomic E-state index is 13.7. The molecule has 6 atom stereocenters. The van der Waals surface area contributed by atoms with E-state index in [-0.39, 0.29) is 35.9 Å². The molecule has 4 N–H and O–H groups in total. The summed E-state index contributed by atoms with van der Waals surface area (Å²) in [5.41, 5.74) is 5.11. The molecule has 15 nitrogen and oxygen atoms in total. The number of carbonyl (C=O) groups excluding carboxylic acids is 4. The van der Waals surface area contributed by atoms with Crippen molar-refractivity contribution in [1.29, 1.82) is 0 Å². The maximum Gasteiger partial charge on any atom is 0.407 e. The van der Waals surface area contributed by atoms with Gasteiger partial charge in [0, 0.05) is 31.2 Å². The number of alkyl carbamates (subject to hydrolysis) is 2. The van der Waals surface area contributed by atoms with Gasteiger partial charge in [0.05, 0.1) is 44.8 Å². The molecule has 1 saturated heterocycles. The van der Waals surface area contributed by atoms with E-state index >= 15 is 0 Å². The van der Waals surface area contributed by atoms with E-state index in [2.05, 4.69) is 30.3 Å². The summed E-state index contributed by atoms with van der Waals surface area (Å²) in [6.07, 6.45) is 2.17. The van der Waals surface area contributed by atoms with Gasteiger partial charge in [-0.15, -0.1) is 0 Å². The molecule has 0 saturated carbocycles. The summed E-state index contributed by atoms with van der Waals surface area (Å²) < 4.78 is 14.8. The Hall–Kier alpha value is -5.41. The van der Waals surface area contributed by atoms with Crippen molar-refractivity contribution >= 4 is 35.6 Å². The van der Waals surface area contributed by atoms with E-state index in [1.54, 1.807) is 30.0 Å². The summed E-state index contributed by atoms with van der Waals surface area (Å²) >= 11 is 6.74. The molecule has 0 aliphatic carbocycles. The molecule has 2 aromatic carbocycles. The first-order valence-corrected chi connectivity index (χ1v) is 19.5. The fourth-order valence-corrected chi connectivity index (χ4v) is 7.49. The Morgan fingerprint density at radius 3 is 2.05 bits per heavy atom. The Labute approximate surface area is 338 Å². The smallest absolute Gasteiger partial charge is 0.407 e. The lowest BCUT2D eigenvalue weighted by Gasteiger charge is -2.35. The van der Waals surface area contributed by atoms with E-state index in [0.29, 0.717) is 48.5 Å². The standard InChI is InChI=1S/C41H53ClN8O7/c1-9-23(3)50(38(51)24(4)44-40(53)56-7)25(5)36-43-20-32(45-36)29-15-11-27(12-16-29)28-13-17-30(18-14-28)34-35(42)48-37(47-34)33-19-26(22-55-6)21-49(33)39(52)31(10-2)46-41(54)57-8/h11-18,20,23-26,31,33H,9-10,19,21-22H2,1-8H3,(H,43,45)(H,44,53)(H,46,54)(H,47,48). The SMILES string of the molecule is CCC(NC(=O)OC)C(=O)N1CC(COC)CC1c1nc(-c2ccc(-c3ccc(-c4cnc(C(C)N(C(=O)C(C)NC(=O)OC)C(C)CC)[nH]4)cc3)cc2)c(Cl)[nH]1. The van der Waals surface area contributed by atoms with Gasteiger partial charge in [-0.2, -0.15) is 0 Å². The lowest BCUT2D eigenvalue weighted by atomic mass is 10.0. The predicted octanol–water partition coefficient (Wildman–Crippen LogP) is 6.89. The number of methoxy groups -OCH3 is 3. The number of halogens is 1. The molecule has 3 heterocycles. The average Bonchev–Trinajstić information content (AvgIpc) is 3.98. The van der Waals surface area contributed by atoms with Crippen LogP contribution in [0.4, 0.5) is 9.59 Å². The summed E-state index contributed by atoms with van der Waals surface area (Å²) in [7, 11) is 4.16. The van der Waals surface area contributed by atoms with Crippen molar-refractivity contribution in [2.45, 2.75) is 84.1 Å². The number of rotatable bonds is 15. The summed E-state index contributed by atoms with van der Waals surface area (Å²) in [5, 5.41) is 5.57. The topological polar surface area (TPSA) is 184 Å². The fourth-order valence-electron chi connectivity index (χ4n) is 7.24. The minimum absolute atomic E-state index is 0.0826. The zero-order chi connectivity index (χ0) is 41.4. The van der Waals surface area contributed by atoms with Crippen molar-refractivity contribution in [3.05, 3.63) is 71.5 Å². The Balaban J connectivity index is 1.30. The van der Waals surface area contributed by atoms with E-state index in [4.69, 9.17) is 26.1 Å². The van der Waals surface area contributed by atoms with Crippen LogP contribution in [0.1, 0.15) is 77.6 Å². The third kappa shape index (κ3) is 9.77. The predicted molar refractivity (Wildman–Crippen MR) is 216 cm³/mol. The van der Waals surface area contributed by atoms with Gasteiger partial charge < -0.3 is 44.6 Å². The molecule has 1 aliphatic heterocycles. The lowest BCUT2D eigenvalue weighted by Crippen LogP contribution is -2.50. The molecule has 16 heteroatoms. The number of hydrogen-bond acceptors (Lipinski definition) is 9. The van der Waals surface area contributed by atoms with Crippen molar-refractivity contribution in [2.75, 3.05) is 34.5 Å². The third-order valence-corrected chi connectivity index (χ3v) is 10.8. The van der Waals surface area contributed by atoms with Crippen LogP contribution in [0.3, 0.4) is 0 Å². The molecule has 0 spiro atoms. The van der Waals surface area contributed by atoms with Crippen LogP contribution in [-0.4, -0.2) is 106 Å². The largest absolute Gasteiger partial charge is 0.453 e. The van der Waals surface area contributed by atoms with Gasteiger partial charge in [-0.3, -0.25) is 9.59 Å². The first-order chi connectivity index (χ1) is 27.3. The molecule has 0 bridgehead atoms. The average molecular weight is 805 g/mol. The van der Waals surface area contributed by atoms with Crippen LogP contribution in [0, 0.1) is 5.92 Å². The van der Waals surface area contributed by atoms with Gasteiger partial charge in [-0.05, 0) is 56.7 Å². The first kappa shape index (κ1) is 42.7. The second-order valence-corrected chi connectivity index (χ2v) is 14.7. The highest BCUT2D eigenvalue weighted by atomic mass is 35.5. The number of carbonyl (C=O) groups is 4. The molecule has 6 unspecified atom stereocenters. The van der Waals surface area contributed by atoms with Crippen molar-refractivity contribution < 1.29 is 33.4 Å². The minimum atomic E-state index is -0.772. The second kappa shape index (κ2) is 19.2. The van der Waals surface area contributed by atoms with Gasteiger partial charge in [-0.25, -0.2) is 19.6 Å². The second-order valence-electron chi connectivity index (χ2n) is 14.3. The number of imidazole rings is 2. The quantitative estimate of drug-likeness (QED) is 0.0994. The van der Waals surface area contributed by atoms with Crippen molar-refractivity contribution in [2.24, 2.45) is 5.92 Å². The lowest BCUT2D eigenvalue weighted by molar-refractivity contribution is -0.138. The van der Waals surface area contributed by atoms with Crippen LogP contribution in [-0.2, 0) is 23.8 Å². The minimum Gasteiger partial charge on any atom is -0.453 e. The van der Waals surface area contributed by atoms with Crippen molar-refractivity contribution in [1.82, 2.24) is 40.4 Å². The molecule has 1 fully saturated rings. The fraction of sp³-hybridized carbons (Fsp3) is 0.463. The van der Waals surface area contributed by atoms with Gasteiger partial charge in [0.15, 0.2) is 0 Å². The number of aromatic nitrogens is 4. The van der Waals surface area contributed by atoms with Gasteiger partial charge in [0.25, 0.3) is 0 Å².